The molecule has 0 aromatic heterocycles. The molecule has 0 bridgehead atoms. The molecular formula is C17H29ClN4O2. The first-order valence-corrected chi connectivity index (χ1v) is 8.14. The van der Waals surface area contributed by atoms with E-state index in [0.717, 1.165) is 19.3 Å². The molecule has 1 aromatic rings. The number of nitrogens with one attached hydrogen (secondary N) is 3. The van der Waals surface area contributed by atoms with E-state index in [1.54, 1.807) is 24.3 Å². The third-order valence-corrected chi connectivity index (χ3v) is 3.35. The molecule has 6 nitrogen and oxygen atoms in total. The minimum Gasteiger partial charge on any atom is -0.348 e. The monoisotopic (exact) mass is 356 g/mol. The lowest BCUT2D eigenvalue weighted by atomic mass is 10.1. The van der Waals surface area contributed by atoms with Crippen molar-refractivity contribution in [3.05, 3.63) is 29.8 Å². The molecule has 0 aliphatic heterocycles. The summed E-state index contributed by atoms with van der Waals surface area (Å²) in [6, 6.07) is 6.59. The van der Waals surface area contributed by atoms with Crippen LogP contribution in [0.2, 0.25) is 0 Å². The summed E-state index contributed by atoms with van der Waals surface area (Å²) < 4.78 is 0. The molecule has 24 heavy (non-hydrogen) atoms. The number of carbonyl (C=O) groups excluding carboxylic acids is 2. The van der Waals surface area contributed by atoms with E-state index in [1.807, 2.05) is 13.8 Å². The first-order chi connectivity index (χ1) is 11.0. The number of hydrogen-bond acceptors (Lipinski definition) is 3. The minimum atomic E-state index is -0.264. The number of amides is 3. The Labute approximate surface area is 150 Å². The second-order valence-electron chi connectivity index (χ2n) is 5.88. The number of unbranched alkanes of at least 4 members (excludes halogenated alkanes) is 1. The summed E-state index contributed by atoms with van der Waals surface area (Å²) in [6.07, 6.45) is 2.99. The lowest BCUT2D eigenvalue weighted by molar-refractivity contribution is 0.0936. The quantitative estimate of drug-likeness (QED) is 0.576. The Kier molecular flexibility index (Phi) is 10.8. The highest BCUT2D eigenvalue weighted by molar-refractivity contribution is 5.95. The van der Waals surface area contributed by atoms with E-state index >= 15 is 0 Å². The van der Waals surface area contributed by atoms with E-state index in [9.17, 15) is 9.59 Å². The number of urea groups is 1. The highest BCUT2D eigenvalue weighted by Gasteiger charge is 2.12. The topological polar surface area (TPSA) is 96.2 Å². The van der Waals surface area contributed by atoms with Crippen LogP contribution in [0, 0.1) is 0 Å². The Bertz CT molecular complexity index is 506. The lowest BCUT2D eigenvalue weighted by Crippen LogP contribution is -2.40. The van der Waals surface area contributed by atoms with Crippen LogP contribution in [0.3, 0.4) is 0 Å². The summed E-state index contributed by atoms with van der Waals surface area (Å²) >= 11 is 0. The van der Waals surface area contributed by atoms with Crippen molar-refractivity contribution < 1.29 is 9.59 Å². The van der Waals surface area contributed by atoms with E-state index in [4.69, 9.17) is 5.73 Å². The van der Waals surface area contributed by atoms with E-state index in [0.29, 0.717) is 17.8 Å². The molecule has 0 spiro atoms. The molecule has 5 N–H and O–H groups in total. The fourth-order valence-corrected chi connectivity index (χ4v) is 2.10. The van der Waals surface area contributed by atoms with Gasteiger partial charge in [0.25, 0.3) is 5.91 Å². The van der Waals surface area contributed by atoms with Crippen molar-refractivity contribution >= 4 is 30.0 Å². The van der Waals surface area contributed by atoms with Gasteiger partial charge in [0.05, 0.1) is 0 Å². The zero-order valence-electron chi connectivity index (χ0n) is 14.6. The van der Waals surface area contributed by atoms with Gasteiger partial charge < -0.3 is 21.7 Å². The van der Waals surface area contributed by atoms with Crippen LogP contribution in [-0.2, 0) is 0 Å². The molecule has 1 aromatic carbocycles. The second kappa shape index (κ2) is 11.7. The van der Waals surface area contributed by atoms with Crippen molar-refractivity contribution in [1.82, 2.24) is 10.6 Å². The first kappa shape index (κ1) is 22.2. The first-order valence-electron chi connectivity index (χ1n) is 8.14. The maximum absolute atomic E-state index is 12.2. The van der Waals surface area contributed by atoms with Gasteiger partial charge in [-0.2, -0.15) is 0 Å². The molecule has 0 radical (unpaired) electrons. The highest BCUT2D eigenvalue weighted by Crippen LogP contribution is 2.10. The molecule has 0 heterocycles. The second-order valence-corrected chi connectivity index (χ2v) is 5.88. The van der Waals surface area contributed by atoms with Gasteiger partial charge in [0, 0.05) is 29.9 Å². The predicted octanol–water partition coefficient (Wildman–Crippen LogP) is 2.89. The Balaban J connectivity index is 0.00000529. The van der Waals surface area contributed by atoms with Gasteiger partial charge >= 0.3 is 6.03 Å². The molecule has 1 atom stereocenters. The molecule has 0 saturated heterocycles. The smallest absolute Gasteiger partial charge is 0.319 e. The number of nitrogens with two attached hydrogens (primary N) is 1. The van der Waals surface area contributed by atoms with Crippen molar-refractivity contribution in [2.45, 2.75) is 52.1 Å². The van der Waals surface area contributed by atoms with E-state index < -0.39 is 0 Å². The van der Waals surface area contributed by atoms with E-state index in [-0.39, 0.29) is 36.4 Å². The predicted molar refractivity (Wildman–Crippen MR) is 101 cm³/mol. The number of benzene rings is 1. The van der Waals surface area contributed by atoms with Crippen LogP contribution < -0.4 is 21.7 Å². The molecule has 0 fully saturated rings. The number of anilines is 1. The van der Waals surface area contributed by atoms with E-state index in [1.165, 1.54) is 0 Å². The van der Waals surface area contributed by atoms with Gasteiger partial charge in [-0.05, 0) is 44.5 Å². The number of carbonyl (C=O) groups is 2. The highest BCUT2D eigenvalue weighted by atomic mass is 35.5. The van der Waals surface area contributed by atoms with Gasteiger partial charge in [-0.3, -0.25) is 4.79 Å². The van der Waals surface area contributed by atoms with Crippen LogP contribution in [0.25, 0.3) is 0 Å². The van der Waals surface area contributed by atoms with Crippen LogP contribution in [0.1, 0.15) is 50.4 Å². The molecular weight excluding hydrogens is 328 g/mol. The Morgan fingerprint density at radius 3 is 2.25 bits per heavy atom. The molecule has 0 aliphatic carbocycles. The molecule has 0 aliphatic rings. The van der Waals surface area contributed by atoms with Crippen molar-refractivity contribution in [3.8, 4) is 0 Å². The average Bonchev–Trinajstić information content (AvgIpc) is 2.51. The van der Waals surface area contributed by atoms with Crippen molar-refractivity contribution in [2.24, 2.45) is 5.73 Å². The summed E-state index contributed by atoms with van der Waals surface area (Å²) in [5, 5.41) is 8.40. The Morgan fingerprint density at radius 1 is 1.12 bits per heavy atom. The molecule has 136 valence electrons. The van der Waals surface area contributed by atoms with Crippen LogP contribution in [0.15, 0.2) is 24.3 Å². The fraction of sp³-hybridized carbons (Fsp3) is 0.529. The number of hydrogen-bond donors (Lipinski definition) is 4. The molecule has 0 saturated carbocycles. The molecule has 1 rings (SSSR count). The third kappa shape index (κ3) is 8.17. The van der Waals surface area contributed by atoms with Crippen molar-refractivity contribution in [1.29, 1.82) is 0 Å². The summed E-state index contributed by atoms with van der Waals surface area (Å²) in [4.78, 5) is 23.8. The maximum atomic E-state index is 12.2. The third-order valence-electron chi connectivity index (χ3n) is 3.35. The molecule has 7 heteroatoms. The number of halogens is 1. The van der Waals surface area contributed by atoms with Gasteiger partial charge in [0.15, 0.2) is 0 Å². The fourth-order valence-electron chi connectivity index (χ4n) is 2.10. The normalized spacial score (nSPS) is 11.4. The zero-order valence-corrected chi connectivity index (χ0v) is 15.4. The molecule has 1 unspecified atom stereocenters. The Morgan fingerprint density at radius 2 is 1.75 bits per heavy atom. The molecule has 3 amide bonds. The maximum Gasteiger partial charge on any atom is 0.319 e. The van der Waals surface area contributed by atoms with Crippen molar-refractivity contribution in [2.75, 3.05) is 11.9 Å². The van der Waals surface area contributed by atoms with Gasteiger partial charge in [0.1, 0.15) is 0 Å². The summed E-state index contributed by atoms with van der Waals surface area (Å²) in [5.41, 5.74) is 6.88. The van der Waals surface area contributed by atoms with Crippen LogP contribution in [0.4, 0.5) is 10.5 Å². The van der Waals surface area contributed by atoms with Crippen molar-refractivity contribution in [3.63, 3.8) is 0 Å². The number of rotatable bonds is 8. The largest absolute Gasteiger partial charge is 0.348 e. The van der Waals surface area contributed by atoms with Crippen LogP contribution in [0.5, 0.6) is 0 Å². The van der Waals surface area contributed by atoms with Gasteiger partial charge in [-0.1, -0.05) is 19.8 Å². The SMILES string of the molecule is CCCCC(CN)NC(=O)c1ccc(NC(=O)NC(C)C)cc1.Cl. The van der Waals surface area contributed by atoms with Crippen LogP contribution >= 0.6 is 12.4 Å². The average molecular weight is 357 g/mol. The zero-order chi connectivity index (χ0) is 17.2. The summed E-state index contributed by atoms with van der Waals surface area (Å²) in [6.45, 7) is 6.32. The standard InChI is InChI=1S/C17H28N4O2.ClH/c1-4-5-6-15(11-18)20-16(22)13-7-9-14(10-8-13)21-17(23)19-12(2)3;/h7-10,12,15H,4-6,11,18H2,1-3H3,(H,20,22)(H2,19,21,23);1H. The Hall–Kier alpha value is -1.79. The summed E-state index contributed by atoms with van der Waals surface area (Å²) in [7, 11) is 0. The van der Waals surface area contributed by atoms with Crippen LogP contribution in [-0.4, -0.2) is 30.6 Å². The van der Waals surface area contributed by atoms with Gasteiger partial charge in [-0.15, -0.1) is 12.4 Å². The van der Waals surface area contributed by atoms with E-state index in [2.05, 4.69) is 22.9 Å². The van der Waals surface area contributed by atoms with Gasteiger partial charge in [0.2, 0.25) is 0 Å². The summed E-state index contributed by atoms with van der Waals surface area (Å²) in [5.74, 6) is -0.144. The lowest BCUT2D eigenvalue weighted by Gasteiger charge is -2.16. The van der Waals surface area contributed by atoms with Gasteiger partial charge in [-0.25, -0.2) is 4.79 Å². The minimum absolute atomic E-state index is 0.